The molecule has 0 radical (unpaired) electrons. The topological polar surface area (TPSA) is 86.3 Å². The summed E-state index contributed by atoms with van der Waals surface area (Å²) in [5.74, 6) is -1.31. The van der Waals surface area contributed by atoms with Crippen LogP contribution in [-0.2, 0) is 0 Å². The number of amides is 1. The van der Waals surface area contributed by atoms with E-state index in [1.807, 2.05) is 0 Å². The first-order chi connectivity index (χ1) is 7.18. The van der Waals surface area contributed by atoms with Crippen LogP contribution in [0.4, 0.5) is 0 Å². The zero-order valence-corrected chi connectivity index (χ0v) is 8.06. The van der Waals surface area contributed by atoms with E-state index in [0.29, 0.717) is 0 Å². The van der Waals surface area contributed by atoms with Crippen molar-refractivity contribution in [3.05, 3.63) is 17.5 Å². The number of aromatic nitrogens is 2. The van der Waals surface area contributed by atoms with Crippen LogP contribution < -0.4 is 0 Å². The number of H-pyrrole nitrogens is 1. The first-order valence-corrected chi connectivity index (χ1v) is 4.76. The van der Waals surface area contributed by atoms with Gasteiger partial charge in [0.1, 0.15) is 5.69 Å². The Labute approximate surface area is 85.9 Å². The second-order valence-electron chi connectivity index (χ2n) is 3.47. The summed E-state index contributed by atoms with van der Waals surface area (Å²) in [6.07, 6.45) is 2.00. The van der Waals surface area contributed by atoms with Crippen LogP contribution in [0.25, 0.3) is 0 Å². The van der Waals surface area contributed by atoms with Crippen molar-refractivity contribution in [3.8, 4) is 0 Å². The lowest BCUT2D eigenvalue weighted by Crippen LogP contribution is -2.27. The molecule has 2 N–H and O–H groups in total. The van der Waals surface area contributed by atoms with Gasteiger partial charge in [0.05, 0.1) is 0 Å². The van der Waals surface area contributed by atoms with Crippen LogP contribution in [0.1, 0.15) is 33.8 Å². The molecule has 6 nitrogen and oxygen atoms in total. The molecule has 0 aliphatic carbocycles. The van der Waals surface area contributed by atoms with Gasteiger partial charge in [-0.1, -0.05) is 0 Å². The summed E-state index contributed by atoms with van der Waals surface area (Å²) >= 11 is 0. The monoisotopic (exact) mass is 209 g/mol. The number of hydrogen-bond acceptors (Lipinski definition) is 3. The average Bonchev–Trinajstić information content (AvgIpc) is 2.88. The highest BCUT2D eigenvalue weighted by Gasteiger charge is 2.22. The fourth-order valence-corrected chi connectivity index (χ4v) is 1.62. The predicted molar refractivity (Wildman–Crippen MR) is 50.7 cm³/mol. The Balaban J connectivity index is 2.14. The third-order valence-electron chi connectivity index (χ3n) is 2.42. The van der Waals surface area contributed by atoms with Crippen molar-refractivity contribution >= 4 is 11.9 Å². The zero-order chi connectivity index (χ0) is 10.8. The van der Waals surface area contributed by atoms with Gasteiger partial charge in [0.2, 0.25) is 0 Å². The molecule has 15 heavy (non-hydrogen) atoms. The first kappa shape index (κ1) is 9.70. The first-order valence-electron chi connectivity index (χ1n) is 4.76. The second kappa shape index (κ2) is 3.72. The molecule has 0 atom stereocenters. The molecule has 1 aliphatic rings. The summed E-state index contributed by atoms with van der Waals surface area (Å²) in [7, 11) is 0. The van der Waals surface area contributed by atoms with Crippen LogP contribution in [-0.4, -0.2) is 45.2 Å². The number of carbonyl (C=O) groups is 2. The lowest BCUT2D eigenvalue weighted by atomic mass is 10.3. The van der Waals surface area contributed by atoms with E-state index in [1.165, 1.54) is 6.07 Å². The van der Waals surface area contributed by atoms with E-state index in [-0.39, 0.29) is 17.3 Å². The average molecular weight is 209 g/mol. The van der Waals surface area contributed by atoms with Crippen molar-refractivity contribution in [2.24, 2.45) is 0 Å². The molecule has 80 valence electrons. The number of carbonyl (C=O) groups excluding carboxylic acids is 1. The van der Waals surface area contributed by atoms with Gasteiger partial charge in [0.25, 0.3) is 5.91 Å². The van der Waals surface area contributed by atoms with Crippen molar-refractivity contribution in [2.75, 3.05) is 13.1 Å². The SMILES string of the molecule is O=C(O)c1cc(C(=O)N2CCCC2)n[nH]1. The Hall–Kier alpha value is -1.85. The second-order valence-corrected chi connectivity index (χ2v) is 3.47. The van der Waals surface area contributed by atoms with E-state index in [4.69, 9.17) is 5.11 Å². The fourth-order valence-electron chi connectivity index (χ4n) is 1.62. The van der Waals surface area contributed by atoms with Gasteiger partial charge in [-0.2, -0.15) is 5.10 Å². The Bertz CT molecular complexity index is 393. The molecule has 0 aromatic carbocycles. The predicted octanol–water partition coefficient (Wildman–Crippen LogP) is 0.344. The van der Waals surface area contributed by atoms with Gasteiger partial charge >= 0.3 is 5.97 Å². The molecular weight excluding hydrogens is 198 g/mol. The smallest absolute Gasteiger partial charge is 0.353 e. The molecule has 1 fully saturated rings. The van der Waals surface area contributed by atoms with E-state index in [9.17, 15) is 9.59 Å². The van der Waals surface area contributed by atoms with E-state index in [0.717, 1.165) is 25.9 Å². The van der Waals surface area contributed by atoms with Crippen LogP contribution in [0.3, 0.4) is 0 Å². The molecule has 1 aliphatic heterocycles. The van der Waals surface area contributed by atoms with E-state index in [1.54, 1.807) is 4.90 Å². The number of carboxylic acids is 1. The van der Waals surface area contributed by atoms with Gasteiger partial charge in [-0.15, -0.1) is 0 Å². The van der Waals surface area contributed by atoms with Crippen LogP contribution in [0.2, 0.25) is 0 Å². The largest absolute Gasteiger partial charge is 0.477 e. The Morgan fingerprint density at radius 3 is 2.60 bits per heavy atom. The minimum atomic E-state index is -1.11. The summed E-state index contributed by atoms with van der Waals surface area (Å²) in [6, 6.07) is 1.27. The van der Waals surface area contributed by atoms with E-state index in [2.05, 4.69) is 10.2 Å². The lowest BCUT2D eigenvalue weighted by molar-refractivity contribution is 0.0690. The van der Waals surface area contributed by atoms with Gasteiger partial charge in [-0.05, 0) is 12.8 Å². The van der Waals surface area contributed by atoms with Crippen molar-refractivity contribution in [2.45, 2.75) is 12.8 Å². The number of likely N-dealkylation sites (tertiary alicyclic amines) is 1. The van der Waals surface area contributed by atoms with Gasteiger partial charge < -0.3 is 10.0 Å². The minimum Gasteiger partial charge on any atom is -0.477 e. The van der Waals surface area contributed by atoms with Gasteiger partial charge in [0.15, 0.2) is 5.69 Å². The Morgan fingerprint density at radius 2 is 2.07 bits per heavy atom. The Morgan fingerprint density at radius 1 is 1.40 bits per heavy atom. The van der Waals surface area contributed by atoms with E-state index < -0.39 is 5.97 Å². The highest BCUT2D eigenvalue weighted by molar-refractivity contribution is 5.95. The number of aromatic carboxylic acids is 1. The number of hydrogen-bond donors (Lipinski definition) is 2. The van der Waals surface area contributed by atoms with Crippen molar-refractivity contribution in [1.82, 2.24) is 15.1 Å². The van der Waals surface area contributed by atoms with Crippen LogP contribution in [0, 0.1) is 0 Å². The molecule has 2 rings (SSSR count). The normalized spacial score (nSPS) is 15.6. The quantitative estimate of drug-likeness (QED) is 0.735. The van der Waals surface area contributed by atoms with Gasteiger partial charge in [0, 0.05) is 19.2 Å². The molecule has 1 amide bonds. The number of nitrogens with one attached hydrogen (secondary N) is 1. The Kier molecular flexibility index (Phi) is 2.40. The number of carboxylic acid groups (broad SMARTS) is 1. The molecule has 0 bridgehead atoms. The zero-order valence-electron chi connectivity index (χ0n) is 8.06. The number of aromatic amines is 1. The van der Waals surface area contributed by atoms with Gasteiger partial charge in [-0.25, -0.2) is 4.79 Å². The molecule has 1 aromatic heterocycles. The molecule has 0 saturated carbocycles. The highest BCUT2D eigenvalue weighted by atomic mass is 16.4. The lowest BCUT2D eigenvalue weighted by Gasteiger charge is -2.12. The fraction of sp³-hybridized carbons (Fsp3) is 0.444. The molecule has 1 aromatic rings. The van der Waals surface area contributed by atoms with Crippen molar-refractivity contribution in [3.63, 3.8) is 0 Å². The molecular formula is C9H11N3O3. The molecule has 2 heterocycles. The summed E-state index contributed by atoms with van der Waals surface area (Å²) in [4.78, 5) is 24.0. The summed E-state index contributed by atoms with van der Waals surface area (Å²) < 4.78 is 0. The maximum atomic E-state index is 11.7. The summed E-state index contributed by atoms with van der Waals surface area (Å²) in [6.45, 7) is 1.46. The summed E-state index contributed by atoms with van der Waals surface area (Å²) in [5, 5.41) is 14.6. The highest BCUT2D eigenvalue weighted by Crippen LogP contribution is 2.11. The van der Waals surface area contributed by atoms with Crippen LogP contribution in [0.15, 0.2) is 6.07 Å². The third-order valence-corrected chi connectivity index (χ3v) is 2.42. The number of rotatable bonds is 2. The van der Waals surface area contributed by atoms with E-state index >= 15 is 0 Å². The molecule has 0 unspecified atom stereocenters. The minimum absolute atomic E-state index is 0.0578. The standard InChI is InChI=1S/C9H11N3O3/c13-8(12-3-1-2-4-12)6-5-7(9(14)15)11-10-6/h5H,1-4H2,(H,10,11)(H,14,15). The van der Waals surface area contributed by atoms with Crippen molar-refractivity contribution < 1.29 is 14.7 Å². The van der Waals surface area contributed by atoms with Crippen molar-refractivity contribution in [1.29, 1.82) is 0 Å². The van der Waals surface area contributed by atoms with Crippen LogP contribution >= 0.6 is 0 Å². The van der Waals surface area contributed by atoms with Gasteiger partial charge in [-0.3, -0.25) is 9.89 Å². The number of nitrogens with zero attached hydrogens (tertiary/aromatic N) is 2. The molecule has 6 heteroatoms. The molecule has 1 saturated heterocycles. The van der Waals surface area contributed by atoms with Crippen LogP contribution in [0.5, 0.6) is 0 Å². The maximum Gasteiger partial charge on any atom is 0.353 e. The molecule has 0 spiro atoms. The maximum absolute atomic E-state index is 11.7. The third kappa shape index (κ3) is 1.83. The summed E-state index contributed by atoms with van der Waals surface area (Å²) in [5.41, 5.74) is 0.117.